The second-order valence-electron chi connectivity index (χ2n) is 13.8. The molecule has 0 unspecified atom stereocenters. The molecule has 2 aromatic heterocycles. The molecule has 0 aliphatic carbocycles. The van der Waals surface area contributed by atoms with E-state index in [0.717, 1.165) is 72.8 Å². The maximum Gasteiger partial charge on any atom is 0.265 e. The number of nitrogens with one attached hydrogen (secondary N) is 2. The second-order valence-corrected chi connectivity index (χ2v) is 15.3. The number of halogens is 2. The van der Waals surface area contributed by atoms with Crippen LogP contribution in [-0.4, -0.2) is 55.6 Å². The van der Waals surface area contributed by atoms with E-state index in [0.29, 0.717) is 40.5 Å². The van der Waals surface area contributed by atoms with Crippen molar-refractivity contribution in [1.82, 2.24) is 4.98 Å². The lowest BCUT2D eigenvalue weighted by Gasteiger charge is -2.53. The minimum Gasteiger partial charge on any atom is -0.381 e. The molecular formula is C41H37ClFN5O4S. The Hall–Kier alpha value is -5.10. The number of aromatic nitrogens is 1. The summed E-state index contributed by atoms with van der Waals surface area (Å²) in [7, 11) is 0. The van der Waals surface area contributed by atoms with E-state index in [2.05, 4.69) is 15.5 Å². The van der Waals surface area contributed by atoms with Crippen LogP contribution in [0.1, 0.15) is 61.3 Å². The van der Waals surface area contributed by atoms with Crippen molar-refractivity contribution >= 4 is 63.5 Å². The number of carbonyl (C=O) groups excluding carboxylic acids is 3. The Morgan fingerprint density at radius 1 is 0.962 bits per heavy atom. The van der Waals surface area contributed by atoms with Gasteiger partial charge in [0.15, 0.2) is 0 Å². The number of anilines is 4. The van der Waals surface area contributed by atoms with Crippen LogP contribution < -0.4 is 20.4 Å². The predicted molar refractivity (Wildman–Crippen MR) is 207 cm³/mol. The minimum atomic E-state index is -0.613. The van der Waals surface area contributed by atoms with Crippen molar-refractivity contribution < 1.29 is 23.5 Å². The van der Waals surface area contributed by atoms with E-state index in [1.54, 1.807) is 35.2 Å². The molecule has 8 rings (SSSR count). The van der Waals surface area contributed by atoms with Gasteiger partial charge in [-0.2, -0.15) is 0 Å². The molecule has 3 aliphatic heterocycles. The Labute approximate surface area is 315 Å². The summed E-state index contributed by atoms with van der Waals surface area (Å²) < 4.78 is 20.0. The third kappa shape index (κ3) is 6.80. The predicted octanol–water partition coefficient (Wildman–Crippen LogP) is 8.49. The number of amides is 3. The van der Waals surface area contributed by atoms with Crippen LogP contribution in [0.5, 0.6) is 0 Å². The topological polar surface area (TPSA) is 104 Å². The summed E-state index contributed by atoms with van der Waals surface area (Å²) in [6, 6.07) is 22.5. The van der Waals surface area contributed by atoms with Crippen LogP contribution in [0.2, 0.25) is 5.02 Å². The first-order chi connectivity index (χ1) is 25.7. The highest BCUT2D eigenvalue weighted by atomic mass is 35.5. The first-order valence-corrected chi connectivity index (χ1v) is 18.9. The lowest BCUT2D eigenvalue weighted by Crippen LogP contribution is -2.59. The van der Waals surface area contributed by atoms with Crippen LogP contribution in [0.4, 0.5) is 27.3 Å². The molecule has 9 nitrogen and oxygen atoms in total. The highest BCUT2D eigenvalue weighted by Gasteiger charge is 2.45. The third-order valence-corrected chi connectivity index (χ3v) is 11.9. The SMILES string of the molecule is CCc1cnc(N2CC3(CCOCC3)C2)c(C(=O)Nc2ccc(C(=O)N3CCc4cc(C(=O)Nc5c(F)cccc5Cl)sc4-c4ccccc43)cc2)c1. The normalized spacial score (nSPS) is 15.9. The van der Waals surface area contributed by atoms with Crippen LogP contribution in [-0.2, 0) is 17.6 Å². The van der Waals surface area contributed by atoms with Crippen LogP contribution in [0, 0.1) is 11.2 Å². The fraction of sp³-hybridized carbons (Fsp3) is 0.268. The van der Waals surface area contributed by atoms with E-state index >= 15 is 0 Å². The van der Waals surface area contributed by atoms with Gasteiger partial charge in [0.1, 0.15) is 11.6 Å². The van der Waals surface area contributed by atoms with Gasteiger partial charge < -0.3 is 25.2 Å². The first kappa shape index (κ1) is 35.0. The minimum absolute atomic E-state index is 0.0618. The number of fused-ring (bicyclic) bond motifs is 3. The van der Waals surface area contributed by atoms with Gasteiger partial charge in [-0.1, -0.05) is 42.8 Å². The molecule has 3 aromatic carbocycles. The monoisotopic (exact) mass is 749 g/mol. The number of para-hydroxylation sites is 2. The Morgan fingerprint density at radius 3 is 2.49 bits per heavy atom. The summed E-state index contributed by atoms with van der Waals surface area (Å²) in [5, 5.41) is 5.76. The zero-order chi connectivity index (χ0) is 36.7. The molecule has 2 N–H and O–H groups in total. The fourth-order valence-corrected chi connectivity index (χ4v) is 8.76. The van der Waals surface area contributed by atoms with Gasteiger partial charge in [0.2, 0.25) is 0 Å². The first-order valence-electron chi connectivity index (χ1n) is 17.7. The van der Waals surface area contributed by atoms with Gasteiger partial charge in [-0.15, -0.1) is 11.3 Å². The number of hydrogen-bond acceptors (Lipinski definition) is 7. The average molecular weight is 750 g/mol. The van der Waals surface area contributed by atoms with Crippen molar-refractivity contribution in [2.45, 2.75) is 32.6 Å². The Bertz CT molecular complexity index is 2210. The van der Waals surface area contributed by atoms with Crippen LogP contribution in [0.15, 0.2) is 85.1 Å². The van der Waals surface area contributed by atoms with Gasteiger partial charge in [0.25, 0.3) is 17.7 Å². The van der Waals surface area contributed by atoms with Gasteiger partial charge in [0, 0.05) is 66.2 Å². The van der Waals surface area contributed by atoms with E-state index in [1.807, 2.05) is 43.5 Å². The van der Waals surface area contributed by atoms with Crippen LogP contribution in [0.3, 0.4) is 0 Å². The van der Waals surface area contributed by atoms with Crippen molar-refractivity contribution in [2.75, 3.05) is 53.3 Å². The Balaban J connectivity index is 0.981. The molecule has 3 amide bonds. The van der Waals surface area contributed by atoms with Gasteiger partial charge >= 0.3 is 0 Å². The van der Waals surface area contributed by atoms with E-state index in [9.17, 15) is 18.8 Å². The summed E-state index contributed by atoms with van der Waals surface area (Å²) in [5.74, 6) is -0.800. The zero-order valence-electron chi connectivity index (χ0n) is 29.1. The lowest BCUT2D eigenvalue weighted by atomic mass is 9.73. The highest BCUT2D eigenvalue weighted by molar-refractivity contribution is 7.17. The van der Waals surface area contributed by atoms with Gasteiger partial charge in [-0.25, -0.2) is 9.37 Å². The molecule has 0 atom stereocenters. The number of pyridine rings is 1. The van der Waals surface area contributed by atoms with Crippen LogP contribution in [0.25, 0.3) is 10.4 Å². The van der Waals surface area contributed by atoms with E-state index in [-0.39, 0.29) is 27.9 Å². The molecule has 0 bridgehead atoms. The van der Waals surface area contributed by atoms with Gasteiger partial charge in [-0.3, -0.25) is 14.4 Å². The van der Waals surface area contributed by atoms with Gasteiger partial charge in [0.05, 0.1) is 26.8 Å². The maximum absolute atomic E-state index is 14.4. The number of benzene rings is 3. The van der Waals surface area contributed by atoms with Gasteiger partial charge in [-0.05, 0) is 91.4 Å². The number of aryl methyl sites for hydroxylation is 1. The molecular weight excluding hydrogens is 713 g/mol. The van der Waals surface area contributed by atoms with Crippen molar-refractivity contribution in [3.63, 3.8) is 0 Å². The number of nitrogens with zero attached hydrogens (tertiary/aromatic N) is 3. The molecule has 3 aliphatic rings. The summed E-state index contributed by atoms with van der Waals surface area (Å²) in [6.45, 7) is 5.70. The van der Waals surface area contributed by atoms with Crippen molar-refractivity contribution in [2.24, 2.45) is 5.41 Å². The summed E-state index contributed by atoms with van der Waals surface area (Å²) >= 11 is 7.44. The van der Waals surface area contributed by atoms with Crippen molar-refractivity contribution in [1.29, 1.82) is 0 Å². The highest BCUT2D eigenvalue weighted by Crippen LogP contribution is 2.44. The summed E-state index contributed by atoms with van der Waals surface area (Å²) in [4.78, 5) is 50.9. The van der Waals surface area contributed by atoms with E-state index < -0.39 is 11.7 Å². The molecule has 270 valence electrons. The molecule has 2 saturated heterocycles. The molecule has 2 fully saturated rings. The molecule has 5 aromatic rings. The number of hydrogen-bond donors (Lipinski definition) is 2. The third-order valence-electron chi connectivity index (χ3n) is 10.4. The second kappa shape index (κ2) is 14.4. The quantitative estimate of drug-likeness (QED) is 0.173. The smallest absolute Gasteiger partial charge is 0.265 e. The molecule has 12 heteroatoms. The summed E-state index contributed by atoms with van der Waals surface area (Å²) in [5.41, 5.74) is 5.22. The number of rotatable bonds is 7. The summed E-state index contributed by atoms with van der Waals surface area (Å²) in [6.07, 6.45) is 5.17. The van der Waals surface area contributed by atoms with Crippen LogP contribution >= 0.6 is 22.9 Å². The average Bonchev–Trinajstić information content (AvgIpc) is 3.53. The number of thiophene rings is 1. The van der Waals surface area contributed by atoms with E-state index in [1.165, 1.54) is 29.5 Å². The largest absolute Gasteiger partial charge is 0.381 e. The molecule has 0 saturated carbocycles. The van der Waals surface area contributed by atoms with Crippen molar-refractivity contribution in [3.05, 3.63) is 123 Å². The standard InChI is InChI=1S/C41H37ClFN5O4S/c1-2-25-20-30(37(44-22-25)47-23-41(24-47)15-18-52-19-16-41)38(49)45-28-12-10-26(11-13-28)40(51)48-17-14-27-21-34(53-36(27)29-6-3-4-9-33(29)48)39(50)46-35-31(42)7-5-8-32(35)43/h3-13,20-22H,2,14-19,23-24H2,1H3,(H,45,49)(H,46,50). The lowest BCUT2D eigenvalue weighted by molar-refractivity contribution is -0.000511. The fourth-order valence-electron chi connectivity index (χ4n) is 7.41. The zero-order valence-corrected chi connectivity index (χ0v) is 30.7. The number of carbonyl (C=O) groups is 3. The molecule has 5 heterocycles. The Kier molecular flexibility index (Phi) is 9.48. The molecule has 53 heavy (non-hydrogen) atoms. The Morgan fingerprint density at radius 2 is 1.74 bits per heavy atom. The van der Waals surface area contributed by atoms with E-state index in [4.69, 9.17) is 21.3 Å². The molecule has 1 spiro atoms. The number of ether oxygens (including phenoxy) is 1. The van der Waals surface area contributed by atoms with Crippen molar-refractivity contribution in [3.8, 4) is 10.4 Å². The maximum atomic E-state index is 14.4. The molecule has 0 radical (unpaired) electrons.